The van der Waals surface area contributed by atoms with Crippen molar-refractivity contribution in [3.63, 3.8) is 0 Å². The molecule has 1 aliphatic carbocycles. The van der Waals surface area contributed by atoms with Gasteiger partial charge in [-0.15, -0.1) is 13.2 Å². The number of ether oxygens (including phenoxy) is 2. The molecule has 0 amide bonds. The van der Waals surface area contributed by atoms with Crippen molar-refractivity contribution in [3.8, 4) is 11.5 Å². The van der Waals surface area contributed by atoms with Gasteiger partial charge in [0.25, 0.3) is 0 Å². The van der Waals surface area contributed by atoms with E-state index in [1.54, 1.807) is 6.07 Å². The first-order valence-electron chi connectivity index (χ1n) is 5.47. The first-order chi connectivity index (χ1) is 8.44. The summed E-state index contributed by atoms with van der Waals surface area (Å²) in [6.45, 7) is 0. The Kier molecular flexibility index (Phi) is 3.45. The van der Waals surface area contributed by atoms with Crippen molar-refractivity contribution in [2.24, 2.45) is 0 Å². The van der Waals surface area contributed by atoms with Crippen molar-refractivity contribution in [3.05, 3.63) is 24.3 Å². The van der Waals surface area contributed by atoms with E-state index in [2.05, 4.69) is 4.74 Å². The van der Waals surface area contributed by atoms with Crippen molar-refractivity contribution < 1.29 is 27.4 Å². The van der Waals surface area contributed by atoms with E-state index in [-0.39, 0.29) is 29.8 Å². The number of benzene rings is 1. The minimum absolute atomic E-state index is 0.00882. The summed E-state index contributed by atoms with van der Waals surface area (Å²) in [5.41, 5.74) is 0. The lowest BCUT2D eigenvalue weighted by Crippen LogP contribution is -2.19. The Morgan fingerprint density at radius 2 is 1.83 bits per heavy atom. The Labute approximate surface area is 102 Å². The van der Waals surface area contributed by atoms with Crippen LogP contribution in [0, 0.1) is 0 Å². The molecule has 1 fully saturated rings. The highest BCUT2D eigenvalue weighted by atomic mass is 19.4. The van der Waals surface area contributed by atoms with Crippen LogP contribution in [-0.4, -0.2) is 18.2 Å². The first-order valence-corrected chi connectivity index (χ1v) is 5.47. The monoisotopic (exact) mass is 260 g/mol. The molecule has 0 radical (unpaired) electrons. The highest BCUT2D eigenvalue weighted by molar-refractivity contribution is 5.81. The zero-order valence-corrected chi connectivity index (χ0v) is 9.37. The van der Waals surface area contributed by atoms with Gasteiger partial charge in [0.2, 0.25) is 0 Å². The van der Waals surface area contributed by atoms with Crippen LogP contribution in [0.4, 0.5) is 13.2 Å². The molecule has 0 aliphatic heterocycles. The molecule has 0 spiro atoms. The fraction of sp³-hybridized carbons (Fsp3) is 0.417. The molecule has 3 nitrogen and oxygen atoms in total. The second-order valence-corrected chi connectivity index (χ2v) is 4.02. The fourth-order valence-corrected chi connectivity index (χ4v) is 1.82. The maximum absolute atomic E-state index is 12.2. The van der Waals surface area contributed by atoms with Crippen LogP contribution in [0.1, 0.15) is 19.3 Å². The van der Waals surface area contributed by atoms with Gasteiger partial charge in [-0.3, -0.25) is 4.79 Å². The molecule has 2 rings (SSSR count). The fourth-order valence-electron chi connectivity index (χ4n) is 1.82. The van der Waals surface area contributed by atoms with E-state index in [4.69, 9.17) is 4.74 Å². The third kappa shape index (κ3) is 3.38. The molecule has 0 saturated heterocycles. The maximum atomic E-state index is 12.2. The van der Waals surface area contributed by atoms with Gasteiger partial charge in [0, 0.05) is 12.8 Å². The number of carbonyl (C=O) groups excluding carboxylic acids is 1. The van der Waals surface area contributed by atoms with Gasteiger partial charge >= 0.3 is 6.36 Å². The number of hydrogen-bond acceptors (Lipinski definition) is 3. The van der Waals surface area contributed by atoms with E-state index >= 15 is 0 Å². The maximum Gasteiger partial charge on any atom is 0.573 e. The topological polar surface area (TPSA) is 35.5 Å². The van der Waals surface area contributed by atoms with Gasteiger partial charge in [0.05, 0.1) is 0 Å². The second-order valence-electron chi connectivity index (χ2n) is 4.02. The number of alkyl halides is 3. The second kappa shape index (κ2) is 4.88. The highest BCUT2D eigenvalue weighted by Crippen LogP contribution is 2.34. The van der Waals surface area contributed by atoms with E-state index < -0.39 is 6.36 Å². The molecule has 1 aliphatic rings. The molecule has 0 bridgehead atoms. The van der Waals surface area contributed by atoms with E-state index in [1.807, 2.05) is 0 Å². The molecule has 0 heterocycles. The summed E-state index contributed by atoms with van der Waals surface area (Å²) >= 11 is 0. The lowest BCUT2D eigenvalue weighted by molar-refractivity contribution is -0.275. The average molecular weight is 260 g/mol. The van der Waals surface area contributed by atoms with E-state index in [0.717, 1.165) is 0 Å². The average Bonchev–Trinajstić information content (AvgIpc) is 2.65. The zero-order chi connectivity index (χ0) is 13.2. The van der Waals surface area contributed by atoms with Gasteiger partial charge in [0.15, 0.2) is 11.5 Å². The zero-order valence-electron chi connectivity index (χ0n) is 9.37. The van der Waals surface area contributed by atoms with Crippen LogP contribution in [0.3, 0.4) is 0 Å². The van der Waals surface area contributed by atoms with Crippen LogP contribution in [0.25, 0.3) is 0 Å². The van der Waals surface area contributed by atoms with Gasteiger partial charge in [-0.1, -0.05) is 12.1 Å². The van der Waals surface area contributed by atoms with Crippen LogP contribution in [0.2, 0.25) is 0 Å². The van der Waals surface area contributed by atoms with Crippen LogP contribution < -0.4 is 9.47 Å². The molecule has 98 valence electrons. The van der Waals surface area contributed by atoms with Crippen LogP contribution in [0.15, 0.2) is 24.3 Å². The summed E-state index contributed by atoms with van der Waals surface area (Å²) in [7, 11) is 0. The van der Waals surface area contributed by atoms with Crippen LogP contribution in [-0.2, 0) is 4.79 Å². The smallest absolute Gasteiger partial charge is 0.486 e. The summed E-state index contributed by atoms with van der Waals surface area (Å²) in [6.07, 6.45) is -3.95. The lowest BCUT2D eigenvalue weighted by atomic mass is 10.3. The number of ketones is 1. The van der Waals surface area contributed by atoms with Crippen LogP contribution in [0.5, 0.6) is 11.5 Å². The summed E-state index contributed by atoms with van der Waals surface area (Å²) in [6, 6.07) is 5.55. The van der Waals surface area contributed by atoms with E-state index in [1.165, 1.54) is 18.2 Å². The highest BCUT2D eigenvalue weighted by Gasteiger charge is 2.33. The molecule has 6 heteroatoms. The summed E-state index contributed by atoms with van der Waals surface area (Å²) in [4.78, 5) is 11.1. The molecular formula is C12H11F3O3. The van der Waals surface area contributed by atoms with Gasteiger partial charge in [-0.05, 0) is 18.6 Å². The lowest BCUT2D eigenvalue weighted by Gasteiger charge is -2.17. The molecule has 1 aromatic carbocycles. The predicted molar refractivity (Wildman–Crippen MR) is 56.4 cm³/mol. The molecule has 1 aromatic rings. The van der Waals surface area contributed by atoms with E-state index in [0.29, 0.717) is 12.8 Å². The first kappa shape index (κ1) is 12.7. The van der Waals surface area contributed by atoms with Crippen molar-refractivity contribution in [1.82, 2.24) is 0 Å². The molecule has 0 N–H and O–H groups in total. The number of rotatable bonds is 3. The number of carbonyl (C=O) groups is 1. The molecule has 0 aromatic heterocycles. The Bertz CT molecular complexity index is 442. The molecule has 1 unspecified atom stereocenters. The Balaban J connectivity index is 2.10. The number of Topliss-reactive ketones (excluding diaryl/α,β-unsaturated/α-hetero) is 1. The van der Waals surface area contributed by atoms with Gasteiger partial charge in [-0.2, -0.15) is 0 Å². The van der Waals surface area contributed by atoms with E-state index in [9.17, 15) is 18.0 Å². The number of hydrogen-bond donors (Lipinski definition) is 0. The van der Waals surface area contributed by atoms with Gasteiger partial charge < -0.3 is 9.47 Å². The summed E-state index contributed by atoms with van der Waals surface area (Å²) in [5.74, 6) is -0.312. The normalized spacial score (nSPS) is 19.9. The van der Waals surface area contributed by atoms with Gasteiger partial charge in [0.1, 0.15) is 11.9 Å². The third-order valence-electron chi connectivity index (χ3n) is 2.57. The molecular weight excluding hydrogens is 249 g/mol. The van der Waals surface area contributed by atoms with Gasteiger partial charge in [-0.25, -0.2) is 0 Å². The standard InChI is InChI=1S/C12H11F3O3/c13-12(14,15)18-11-4-2-1-3-10(11)17-9-6-5-8(16)7-9/h1-4,9H,5-7H2. The van der Waals surface area contributed by atoms with Crippen molar-refractivity contribution >= 4 is 5.78 Å². The van der Waals surface area contributed by atoms with Crippen molar-refractivity contribution in [1.29, 1.82) is 0 Å². The van der Waals surface area contributed by atoms with Crippen molar-refractivity contribution in [2.45, 2.75) is 31.7 Å². The molecule has 1 atom stereocenters. The third-order valence-corrected chi connectivity index (χ3v) is 2.57. The molecule has 18 heavy (non-hydrogen) atoms. The Morgan fingerprint density at radius 1 is 1.17 bits per heavy atom. The summed E-state index contributed by atoms with van der Waals surface area (Å²) in [5, 5.41) is 0. The van der Waals surface area contributed by atoms with Crippen LogP contribution >= 0.6 is 0 Å². The SMILES string of the molecule is O=C1CCC(Oc2ccccc2OC(F)(F)F)C1. The summed E-state index contributed by atoms with van der Waals surface area (Å²) < 4.78 is 45.7. The Morgan fingerprint density at radius 3 is 2.39 bits per heavy atom. The minimum Gasteiger partial charge on any atom is -0.486 e. The molecule has 1 saturated carbocycles. The minimum atomic E-state index is -4.76. The quantitative estimate of drug-likeness (QED) is 0.837. The largest absolute Gasteiger partial charge is 0.573 e. The number of halogens is 3. The number of para-hydroxylation sites is 2. The Hall–Kier alpha value is -1.72. The predicted octanol–water partition coefficient (Wildman–Crippen LogP) is 3.09. The van der Waals surface area contributed by atoms with Crippen molar-refractivity contribution in [2.75, 3.05) is 0 Å².